The Morgan fingerprint density at radius 1 is 0.821 bits per heavy atom. The van der Waals surface area contributed by atoms with Gasteiger partial charge in [0.1, 0.15) is 0 Å². The zero-order valence-corrected chi connectivity index (χ0v) is 17.2. The first-order valence-electron chi connectivity index (χ1n) is 11.5. The molecule has 1 saturated heterocycles. The molecule has 3 aliphatic rings. The molecule has 2 fully saturated rings. The van der Waals surface area contributed by atoms with E-state index in [1.54, 1.807) is 0 Å². The van der Waals surface area contributed by atoms with Crippen molar-refractivity contribution in [2.24, 2.45) is 11.8 Å². The minimum Gasteiger partial charge on any atom is -0.353 e. The van der Waals surface area contributed by atoms with Crippen molar-refractivity contribution in [3.63, 3.8) is 0 Å². The van der Waals surface area contributed by atoms with Crippen LogP contribution in [0.4, 0.5) is 0 Å². The minimum absolute atomic E-state index is 0.0225. The van der Waals surface area contributed by atoms with E-state index in [1.807, 2.05) is 12.2 Å². The highest BCUT2D eigenvalue weighted by Gasteiger charge is 2.46. The van der Waals surface area contributed by atoms with Gasteiger partial charge in [0.05, 0.1) is 11.8 Å². The van der Waals surface area contributed by atoms with Gasteiger partial charge in [-0.15, -0.1) is 0 Å². The number of imide groups is 1. The standard InChI is InChI=1S/C23H36N2O3/c26-21(24-18-12-8-6-4-2-1-3-5-7-9-13-18)16-17-25-22(27)19-14-10-11-15-20(19)23(25)28/h10-11,18-20H,1-9,12-17H2,(H,24,26)/t19-,20-/m1/s1. The van der Waals surface area contributed by atoms with Crippen LogP contribution in [0.25, 0.3) is 0 Å². The van der Waals surface area contributed by atoms with E-state index in [0.717, 1.165) is 12.8 Å². The van der Waals surface area contributed by atoms with Crippen LogP contribution in [0.1, 0.15) is 89.9 Å². The number of allylic oxidation sites excluding steroid dienone is 2. The molecule has 0 radical (unpaired) electrons. The smallest absolute Gasteiger partial charge is 0.233 e. The first-order valence-corrected chi connectivity index (χ1v) is 11.5. The molecule has 156 valence electrons. The maximum absolute atomic E-state index is 12.5. The van der Waals surface area contributed by atoms with E-state index in [-0.39, 0.29) is 48.6 Å². The number of nitrogens with zero attached hydrogens (tertiary/aromatic N) is 1. The van der Waals surface area contributed by atoms with Crippen LogP contribution in [-0.4, -0.2) is 35.2 Å². The third-order valence-corrected chi connectivity index (χ3v) is 6.63. The molecule has 1 N–H and O–H groups in total. The van der Waals surface area contributed by atoms with E-state index in [1.165, 1.54) is 62.7 Å². The number of amides is 3. The summed E-state index contributed by atoms with van der Waals surface area (Å²) in [6, 6.07) is 0.240. The summed E-state index contributed by atoms with van der Waals surface area (Å²) in [5.74, 6) is -0.597. The molecule has 0 aromatic heterocycles. The number of rotatable bonds is 4. The van der Waals surface area contributed by atoms with Crippen molar-refractivity contribution >= 4 is 17.7 Å². The van der Waals surface area contributed by atoms with E-state index in [0.29, 0.717) is 12.8 Å². The monoisotopic (exact) mass is 388 g/mol. The van der Waals surface area contributed by atoms with E-state index in [9.17, 15) is 14.4 Å². The van der Waals surface area contributed by atoms with Gasteiger partial charge in [-0.2, -0.15) is 0 Å². The molecule has 0 aromatic carbocycles. The fraction of sp³-hybridized carbons (Fsp3) is 0.783. The number of hydrogen-bond acceptors (Lipinski definition) is 3. The van der Waals surface area contributed by atoms with Gasteiger partial charge in [-0.3, -0.25) is 19.3 Å². The number of fused-ring (bicyclic) bond motifs is 1. The lowest BCUT2D eigenvalue weighted by molar-refractivity contribution is -0.140. The summed E-state index contributed by atoms with van der Waals surface area (Å²) in [5.41, 5.74) is 0. The second-order valence-electron chi connectivity index (χ2n) is 8.76. The molecule has 1 heterocycles. The Bertz CT molecular complexity index is 548. The fourth-order valence-corrected chi connectivity index (χ4v) is 4.91. The number of carbonyl (C=O) groups is 3. The first-order chi connectivity index (χ1) is 13.7. The summed E-state index contributed by atoms with van der Waals surface area (Å²) in [6.45, 7) is 0.225. The Kier molecular flexibility index (Phi) is 8.11. The van der Waals surface area contributed by atoms with Gasteiger partial charge in [-0.1, -0.05) is 69.9 Å². The van der Waals surface area contributed by atoms with Gasteiger partial charge in [-0.05, 0) is 25.7 Å². The zero-order valence-electron chi connectivity index (χ0n) is 17.2. The topological polar surface area (TPSA) is 66.5 Å². The van der Waals surface area contributed by atoms with Gasteiger partial charge >= 0.3 is 0 Å². The maximum atomic E-state index is 12.5. The molecule has 0 spiro atoms. The van der Waals surface area contributed by atoms with Gasteiger partial charge in [0.15, 0.2) is 0 Å². The number of hydrogen-bond donors (Lipinski definition) is 1. The fourth-order valence-electron chi connectivity index (χ4n) is 4.91. The molecule has 1 aliphatic heterocycles. The van der Waals surface area contributed by atoms with E-state index in [4.69, 9.17) is 0 Å². The predicted octanol–water partition coefficient (Wildman–Crippen LogP) is 4.12. The summed E-state index contributed by atoms with van der Waals surface area (Å²) in [6.07, 6.45) is 19.1. The second kappa shape index (κ2) is 10.8. The van der Waals surface area contributed by atoms with E-state index in [2.05, 4.69) is 5.32 Å². The molecule has 1 saturated carbocycles. The Morgan fingerprint density at radius 2 is 1.29 bits per heavy atom. The summed E-state index contributed by atoms with van der Waals surface area (Å²) in [7, 11) is 0. The van der Waals surface area contributed by atoms with Crippen LogP contribution in [-0.2, 0) is 14.4 Å². The highest BCUT2D eigenvalue weighted by atomic mass is 16.2. The van der Waals surface area contributed by atoms with Crippen LogP contribution >= 0.6 is 0 Å². The van der Waals surface area contributed by atoms with Crippen molar-refractivity contribution in [3.05, 3.63) is 12.2 Å². The molecule has 2 atom stereocenters. The molecule has 5 nitrogen and oxygen atoms in total. The molecule has 3 rings (SSSR count). The molecule has 0 aromatic rings. The number of likely N-dealkylation sites (tertiary alicyclic amines) is 1. The van der Waals surface area contributed by atoms with Crippen LogP contribution < -0.4 is 5.32 Å². The Labute approximate surface area is 169 Å². The van der Waals surface area contributed by atoms with Crippen molar-refractivity contribution in [2.75, 3.05) is 6.54 Å². The molecule has 0 unspecified atom stereocenters. The SMILES string of the molecule is O=C(CCN1C(=O)[C@@H]2CC=CC[C@H]2C1=O)NC1CCCCCCCCCCC1. The zero-order chi connectivity index (χ0) is 19.8. The molecule has 28 heavy (non-hydrogen) atoms. The third kappa shape index (κ3) is 5.68. The third-order valence-electron chi connectivity index (χ3n) is 6.63. The largest absolute Gasteiger partial charge is 0.353 e. The lowest BCUT2D eigenvalue weighted by Crippen LogP contribution is -2.39. The summed E-state index contributed by atoms with van der Waals surface area (Å²) >= 11 is 0. The molecule has 5 heteroatoms. The highest BCUT2D eigenvalue weighted by molar-refractivity contribution is 6.05. The molecule has 3 amide bonds. The van der Waals surface area contributed by atoms with Crippen molar-refractivity contribution in [1.29, 1.82) is 0 Å². The van der Waals surface area contributed by atoms with Crippen molar-refractivity contribution in [2.45, 2.75) is 95.9 Å². The lowest BCUT2D eigenvalue weighted by atomic mass is 9.85. The van der Waals surface area contributed by atoms with Crippen molar-refractivity contribution in [1.82, 2.24) is 10.2 Å². The summed E-state index contributed by atoms with van der Waals surface area (Å²) < 4.78 is 0. The summed E-state index contributed by atoms with van der Waals surface area (Å²) in [5, 5.41) is 3.19. The van der Waals surface area contributed by atoms with E-state index < -0.39 is 0 Å². The van der Waals surface area contributed by atoms with Crippen LogP contribution in [0.2, 0.25) is 0 Å². The normalized spacial score (nSPS) is 27.8. The quantitative estimate of drug-likeness (QED) is 0.582. The van der Waals surface area contributed by atoms with Gasteiger partial charge < -0.3 is 5.32 Å². The minimum atomic E-state index is -0.202. The Balaban J connectivity index is 1.44. The molecule has 2 aliphatic carbocycles. The lowest BCUT2D eigenvalue weighted by Gasteiger charge is -2.21. The molecule has 0 bridgehead atoms. The first kappa shape index (κ1) is 21.1. The molecular formula is C23H36N2O3. The van der Waals surface area contributed by atoms with Crippen LogP contribution in [0.15, 0.2) is 12.2 Å². The second-order valence-corrected chi connectivity index (χ2v) is 8.76. The molecular weight excluding hydrogens is 352 g/mol. The van der Waals surface area contributed by atoms with Crippen LogP contribution in [0, 0.1) is 11.8 Å². The van der Waals surface area contributed by atoms with E-state index >= 15 is 0 Å². The van der Waals surface area contributed by atoms with Crippen LogP contribution in [0.3, 0.4) is 0 Å². The summed E-state index contributed by atoms with van der Waals surface area (Å²) in [4.78, 5) is 38.8. The highest BCUT2D eigenvalue weighted by Crippen LogP contribution is 2.35. The van der Waals surface area contributed by atoms with Gasteiger partial charge in [0.25, 0.3) is 0 Å². The number of nitrogens with one attached hydrogen (secondary N) is 1. The average molecular weight is 389 g/mol. The van der Waals surface area contributed by atoms with Crippen molar-refractivity contribution in [3.8, 4) is 0 Å². The van der Waals surface area contributed by atoms with Crippen LogP contribution in [0.5, 0.6) is 0 Å². The van der Waals surface area contributed by atoms with Gasteiger partial charge in [0, 0.05) is 19.0 Å². The van der Waals surface area contributed by atoms with Gasteiger partial charge in [-0.25, -0.2) is 0 Å². The number of carbonyl (C=O) groups excluding carboxylic acids is 3. The average Bonchev–Trinajstić information content (AvgIpc) is 2.93. The Hall–Kier alpha value is -1.65. The predicted molar refractivity (Wildman–Crippen MR) is 109 cm³/mol. The van der Waals surface area contributed by atoms with Gasteiger partial charge in [0.2, 0.25) is 17.7 Å². The Morgan fingerprint density at radius 3 is 1.79 bits per heavy atom. The van der Waals surface area contributed by atoms with Crippen molar-refractivity contribution < 1.29 is 14.4 Å². The maximum Gasteiger partial charge on any atom is 0.233 e.